The molecule has 1 heterocycles. The van der Waals surface area contributed by atoms with Gasteiger partial charge in [-0.05, 0) is 52.2 Å². The minimum absolute atomic E-state index is 0. The maximum atomic E-state index is 11.9. The fourth-order valence-corrected chi connectivity index (χ4v) is 4.51. The lowest BCUT2D eigenvalue weighted by Gasteiger charge is -2.23. The number of rotatable bonds is 8. The van der Waals surface area contributed by atoms with Gasteiger partial charge in [0.2, 0.25) is 10.0 Å². The quantitative estimate of drug-likeness (QED) is 0.302. The Kier molecular flexibility index (Phi) is 10.7. The van der Waals surface area contributed by atoms with E-state index in [0.29, 0.717) is 25.6 Å². The highest BCUT2D eigenvalue weighted by atomic mass is 127. The Labute approximate surface area is 192 Å². The third kappa shape index (κ3) is 8.29. The third-order valence-corrected chi connectivity index (χ3v) is 5.92. The fraction of sp³-hybridized carbons (Fsp3) is 0.650. The second-order valence-corrected chi connectivity index (χ2v) is 9.46. The second kappa shape index (κ2) is 11.9. The monoisotopic (exact) mass is 538 g/mol. The summed E-state index contributed by atoms with van der Waals surface area (Å²) in [7, 11) is -3.17. The van der Waals surface area contributed by atoms with Gasteiger partial charge in [-0.2, -0.15) is 4.31 Å². The molecule has 1 aliphatic heterocycles. The number of aliphatic imine (C=N–C) groups is 1. The number of nitrogens with one attached hydrogen (secondary N) is 2. The number of benzene rings is 1. The normalized spacial score (nSPS) is 17.9. The Bertz CT molecular complexity index is 784. The molecule has 9 heteroatoms. The van der Waals surface area contributed by atoms with E-state index in [1.165, 1.54) is 6.26 Å². The van der Waals surface area contributed by atoms with Crippen LogP contribution in [0.25, 0.3) is 0 Å². The first-order valence-electron chi connectivity index (χ1n) is 9.96. The summed E-state index contributed by atoms with van der Waals surface area (Å²) in [6, 6.07) is 6.11. The maximum Gasteiger partial charge on any atom is 0.211 e. The molecule has 0 amide bonds. The summed E-state index contributed by atoms with van der Waals surface area (Å²) in [5, 5.41) is 6.53. The fourth-order valence-electron chi connectivity index (χ4n) is 3.33. The zero-order chi connectivity index (χ0) is 20.7. The minimum atomic E-state index is -3.17. The molecule has 0 unspecified atom stereocenters. The van der Waals surface area contributed by atoms with Gasteiger partial charge >= 0.3 is 0 Å². The average molecular weight is 538 g/mol. The molecule has 0 spiro atoms. The molecule has 2 N–H and O–H groups in total. The highest BCUT2D eigenvalue weighted by Crippen LogP contribution is 2.23. The van der Waals surface area contributed by atoms with Crippen LogP contribution in [0.3, 0.4) is 0 Å². The predicted octanol–water partition coefficient (Wildman–Crippen LogP) is 2.88. The molecule has 0 aromatic heterocycles. The number of sulfonamides is 1. The van der Waals surface area contributed by atoms with Crippen molar-refractivity contribution in [3.63, 3.8) is 0 Å². The van der Waals surface area contributed by atoms with Crippen LogP contribution in [0, 0.1) is 6.92 Å². The van der Waals surface area contributed by atoms with Gasteiger partial charge in [0.1, 0.15) is 5.75 Å². The molecule has 29 heavy (non-hydrogen) atoms. The lowest BCUT2D eigenvalue weighted by atomic mass is 10.1. The van der Waals surface area contributed by atoms with Crippen LogP contribution in [0.1, 0.15) is 44.7 Å². The van der Waals surface area contributed by atoms with Gasteiger partial charge in [0.25, 0.3) is 0 Å². The number of halogens is 1. The Morgan fingerprint density at radius 2 is 2.07 bits per heavy atom. The maximum absolute atomic E-state index is 11.9. The van der Waals surface area contributed by atoms with Crippen LogP contribution in [0.4, 0.5) is 0 Å². The van der Waals surface area contributed by atoms with Crippen molar-refractivity contribution >= 4 is 40.0 Å². The lowest BCUT2D eigenvalue weighted by molar-refractivity contribution is 0.240. The van der Waals surface area contributed by atoms with Crippen molar-refractivity contribution in [3.8, 4) is 5.75 Å². The summed E-state index contributed by atoms with van der Waals surface area (Å²) in [4.78, 5) is 4.68. The molecule has 1 aliphatic rings. The van der Waals surface area contributed by atoms with E-state index in [0.717, 1.165) is 36.3 Å². The third-order valence-electron chi connectivity index (χ3n) is 4.59. The largest absolute Gasteiger partial charge is 0.491 e. The van der Waals surface area contributed by atoms with Crippen LogP contribution in [-0.4, -0.2) is 56.7 Å². The van der Waals surface area contributed by atoms with E-state index in [-0.39, 0.29) is 36.1 Å². The standard InChI is InChI=1S/C20H34N4O3S.HI/c1-6-21-20(23-14-18-8-7-11-24(18)28(5,25)26)22-13-17-10-9-16(4)12-19(17)27-15(2)3;/h9-10,12,15,18H,6-8,11,13-14H2,1-5H3,(H2,21,22,23);1H/t18-;/m1./s1. The van der Waals surface area contributed by atoms with Crippen LogP contribution in [0.15, 0.2) is 23.2 Å². The molecule has 1 aromatic rings. The minimum Gasteiger partial charge on any atom is -0.491 e. The Morgan fingerprint density at radius 1 is 1.34 bits per heavy atom. The number of aryl methyl sites for hydroxylation is 1. The molecule has 0 radical (unpaired) electrons. The van der Waals surface area contributed by atoms with E-state index < -0.39 is 10.0 Å². The van der Waals surface area contributed by atoms with Crippen molar-refractivity contribution in [2.45, 2.75) is 59.2 Å². The van der Waals surface area contributed by atoms with E-state index in [9.17, 15) is 8.42 Å². The molecule has 1 atom stereocenters. The zero-order valence-electron chi connectivity index (χ0n) is 18.1. The van der Waals surface area contributed by atoms with Crippen LogP contribution in [0.2, 0.25) is 0 Å². The molecule has 1 saturated heterocycles. The van der Waals surface area contributed by atoms with E-state index >= 15 is 0 Å². The summed E-state index contributed by atoms with van der Waals surface area (Å²) >= 11 is 0. The van der Waals surface area contributed by atoms with Gasteiger partial charge < -0.3 is 15.4 Å². The van der Waals surface area contributed by atoms with Crippen LogP contribution in [-0.2, 0) is 16.6 Å². The smallest absolute Gasteiger partial charge is 0.211 e. The Balaban J connectivity index is 0.00000420. The molecule has 1 aromatic carbocycles. The van der Waals surface area contributed by atoms with Gasteiger partial charge in [0, 0.05) is 31.2 Å². The van der Waals surface area contributed by atoms with Crippen LogP contribution in [0.5, 0.6) is 5.75 Å². The predicted molar refractivity (Wildman–Crippen MR) is 130 cm³/mol. The SMILES string of the molecule is CCNC(=NCc1ccc(C)cc1OC(C)C)NC[C@H]1CCCN1S(C)(=O)=O.I. The van der Waals surface area contributed by atoms with Crippen molar-refractivity contribution in [2.75, 3.05) is 25.9 Å². The molecule has 1 fully saturated rings. The Morgan fingerprint density at radius 3 is 2.69 bits per heavy atom. The zero-order valence-corrected chi connectivity index (χ0v) is 21.2. The summed E-state index contributed by atoms with van der Waals surface area (Å²) in [5.41, 5.74) is 2.17. The van der Waals surface area contributed by atoms with Crippen molar-refractivity contribution in [3.05, 3.63) is 29.3 Å². The lowest BCUT2D eigenvalue weighted by Crippen LogP contribution is -2.46. The number of ether oxygens (including phenoxy) is 1. The first-order chi connectivity index (χ1) is 13.2. The highest BCUT2D eigenvalue weighted by molar-refractivity contribution is 14.0. The van der Waals surface area contributed by atoms with Crippen molar-refractivity contribution < 1.29 is 13.2 Å². The molecule has 2 rings (SSSR count). The highest BCUT2D eigenvalue weighted by Gasteiger charge is 2.31. The van der Waals surface area contributed by atoms with Gasteiger partial charge in [0.05, 0.1) is 18.9 Å². The summed E-state index contributed by atoms with van der Waals surface area (Å²) in [5.74, 6) is 1.53. The summed E-state index contributed by atoms with van der Waals surface area (Å²) in [6.45, 7) is 10.4. The number of hydrogen-bond donors (Lipinski definition) is 2. The van der Waals surface area contributed by atoms with Gasteiger partial charge in [-0.1, -0.05) is 12.1 Å². The molecule has 0 saturated carbocycles. The second-order valence-electron chi connectivity index (χ2n) is 7.52. The van der Waals surface area contributed by atoms with Crippen molar-refractivity contribution in [1.82, 2.24) is 14.9 Å². The number of guanidine groups is 1. The van der Waals surface area contributed by atoms with Crippen LogP contribution < -0.4 is 15.4 Å². The van der Waals surface area contributed by atoms with E-state index in [1.807, 2.05) is 39.8 Å². The summed E-state index contributed by atoms with van der Waals surface area (Å²) < 4.78 is 31.3. The molecule has 0 bridgehead atoms. The Hall–Kier alpha value is -1.07. The van der Waals surface area contributed by atoms with E-state index in [1.54, 1.807) is 4.31 Å². The molecule has 0 aliphatic carbocycles. The first-order valence-corrected chi connectivity index (χ1v) is 11.8. The summed E-state index contributed by atoms with van der Waals surface area (Å²) in [6.07, 6.45) is 3.13. The van der Waals surface area contributed by atoms with Crippen molar-refractivity contribution in [1.29, 1.82) is 0 Å². The van der Waals surface area contributed by atoms with Gasteiger partial charge in [-0.15, -0.1) is 24.0 Å². The van der Waals surface area contributed by atoms with Crippen molar-refractivity contribution in [2.24, 2.45) is 4.99 Å². The molecular weight excluding hydrogens is 503 g/mol. The average Bonchev–Trinajstić information content (AvgIpc) is 3.07. The van der Waals surface area contributed by atoms with Gasteiger partial charge in [0.15, 0.2) is 5.96 Å². The topological polar surface area (TPSA) is 83.0 Å². The number of hydrogen-bond acceptors (Lipinski definition) is 4. The van der Waals surface area contributed by atoms with E-state index in [2.05, 4.69) is 21.7 Å². The molecular formula is C20H35IN4O3S. The van der Waals surface area contributed by atoms with Gasteiger partial charge in [-0.25, -0.2) is 13.4 Å². The number of nitrogens with zero attached hydrogens (tertiary/aromatic N) is 2. The van der Waals surface area contributed by atoms with E-state index in [4.69, 9.17) is 4.74 Å². The molecule has 7 nitrogen and oxygen atoms in total. The van der Waals surface area contributed by atoms with Crippen LogP contribution >= 0.6 is 24.0 Å². The first kappa shape index (κ1) is 26.0. The molecule has 166 valence electrons. The van der Waals surface area contributed by atoms with Gasteiger partial charge in [-0.3, -0.25) is 0 Å².